The first-order valence-corrected chi connectivity index (χ1v) is 6.31. The minimum atomic E-state index is -0.255. The van der Waals surface area contributed by atoms with Gasteiger partial charge in [-0.05, 0) is 36.8 Å². The van der Waals surface area contributed by atoms with Crippen molar-refractivity contribution in [1.29, 1.82) is 5.26 Å². The summed E-state index contributed by atoms with van der Waals surface area (Å²) >= 11 is 0. The van der Waals surface area contributed by atoms with Gasteiger partial charge in [0.05, 0.1) is 18.5 Å². The number of tetrazole rings is 1. The van der Waals surface area contributed by atoms with E-state index in [9.17, 15) is 5.26 Å². The predicted octanol–water partition coefficient (Wildman–Crippen LogP) is 1.86. The van der Waals surface area contributed by atoms with Gasteiger partial charge in [-0.1, -0.05) is 13.3 Å². The molecule has 2 rings (SSSR count). The topological polar surface area (TPSA) is 67.4 Å². The van der Waals surface area contributed by atoms with Crippen LogP contribution in [-0.2, 0) is 13.5 Å². The molecule has 17 heavy (non-hydrogen) atoms. The van der Waals surface area contributed by atoms with Crippen molar-refractivity contribution in [3.05, 3.63) is 5.82 Å². The minimum Gasteiger partial charge on any atom is -0.198 e. The SMILES string of the molecule is CCC1CCC(C#N)(Cc2nnn(C)n2)CC1. The van der Waals surface area contributed by atoms with E-state index in [-0.39, 0.29) is 5.41 Å². The smallest absolute Gasteiger partial charge is 0.176 e. The molecule has 0 saturated heterocycles. The van der Waals surface area contributed by atoms with Gasteiger partial charge in [-0.3, -0.25) is 0 Å². The molecule has 1 aromatic heterocycles. The molecule has 1 aliphatic rings. The molecule has 1 saturated carbocycles. The molecule has 0 aromatic carbocycles. The van der Waals surface area contributed by atoms with Crippen molar-refractivity contribution in [2.24, 2.45) is 18.4 Å². The molecule has 1 heterocycles. The normalized spacial score (nSPS) is 28.9. The van der Waals surface area contributed by atoms with Crippen LogP contribution in [0, 0.1) is 22.7 Å². The Balaban J connectivity index is 2.04. The van der Waals surface area contributed by atoms with Crippen molar-refractivity contribution >= 4 is 0 Å². The fourth-order valence-electron chi connectivity index (χ4n) is 2.66. The van der Waals surface area contributed by atoms with E-state index in [1.165, 1.54) is 11.2 Å². The highest BCUT2D eigenvalue weighted by Gasteiger charge is 2.36. The predicted molar refractivity (Wildman–Crippen MR) is 62.8 cm³/mol. The van der Waals surface area contributed by atoms with Gasteiger partial charge in [-0.2, -0.15) is 10.1 Å². The average Bonchev–Trinajstić information content (AvgIpc) is 2.75. The number of aryl methyl sites for hydroxylation is 1. The molecule has 0 bridgehead atoms. The summed E-state index contributed by atoms with van der Waals surface area (Å²) < 4.78 is 0. The highest BCUT2D eigenvalue weighted by Crippen LogP contribution is 2.41. The van der Waals surface area contributed by atoms with Crippen LogP contribution in [0.2, 0.25) is 0 Å². The zero-order chi connectivity index (χ0) is 12.3. The first-order valence-electron chi connectivity index (χ1n) is 6.31. The summed E-state index contributed by atoms with van der Waals surface area (Å²) in [4.78, 5) is 1.46. The molecule has 0 atom stereocenters. The van der Waals surface area contributed by atoms with Crippen molar-refractivity contribution in [3.8, 4) is 6.07 Å². The summed E-state index contributed by atoms with van der Waals surface area (Å²) in [5.74, 6) is 1.50. The molecule has 0 N–H and O–H groups in total. The van der Waals surface area contributed by atoms with Crippen LogP contribution in [0.25, 0.3) is 0 Å². The molecule has 1 aromatic rings. The third kappa shape index (κ3) is 2.63. The van der Waals surface area contributed by atoms with E-state index in [0.29, 0.717) is 12.2 Å². The van der Waals surface area contributed by atoms with Crippen molar-refractivity contribution in [1.82, 2.24) is 20.2 Å². The monoisotopic (exact) mass is 233 g/mol. The van der Waals surface area contributed by atoms with Gasteiger partial charge in [-0.15, -0.1) is 10.2 Å². The van der Waals surface area contributed by atoms with Crippen LogP contribution in [0.1, 0.15) is 44.9 Å². The van der Waals surface area contributed by atoms with Crippen LogP contribution in [-0.4, -0.2) is 20.2 Å². The molecular weight excluding hydrogens is 214 g/mol. The summed E-state index contributed by atoms with van der Waals surface area (Å²) in [7, 11) is 1.75. The third-order valence-electron chi connectivity index (χ3n) is 3.92. The lowest BCUT2D eigenvalue weighted by Crippen LogP contribution is -2.28. The van der Waals surface area contributed by atoms with Gasteiger partial charge >= 0.3 is 0 Å². The van der Waals surface area contributed by atoms with E-state index in [0.717, 1.165) is 31.6 Å². The molecule has 92 valence electrons. The van der Waals surface area contributed by atoms with Crippen LogP contribution >= 0.6 is 0 Å². The van der Waals surface area contributed by atoms with Gasteiger partial charge in [0, 0.05) is 6.42 Å². The minimum absolute atomic E-state index is 0.255. The molecule has 5 nitrogen and oxygen atoms in total. The van der Waals surface area contributed by atoms with E-state index in [4.69, 9.17) is 0 Å². The van der Waals surface area contributed by atoms with Gasteiger partial charge in [-0.25, -0.2) is 0 Å². The Morgan fingerprint density at radius 2 is 2.18 bits per heavy atom. The summed E-state index contributed by atoms with van der Waals surface area (Å²) in [6.45, 7) is 2.23. The second kappa shape index (κ2) is 4.82. The van der Waals surface area contributed by atoms with Crippen LogP contribution < -0.4 is 0 Å². The van der Waals surface area contributed by atoms with E-state index >= 15 is 0 Å². The molecule has 1 fully saturated rings. The summed E-state index contributed by atoms with van der Waals surface area (Å²) in [6, 6.07) is 2.50. The van der Waals surface area contributed by atoms with Gasteiger partial charge in [0.2, 0.25) is 0 Å². The molecular formula is C12H19N5. The highest BCUT2D eigenvalue weighted by atomic mass is 15.6. The maximum Gasteiger partial charge on any atom is 0.176 e. The van der Waals surface area contributed by atoms with E-state index in [1.54, 1.807) is 7.05 Å². The number of rotatable bonds is 3. The largest absolute Gasteiger partial charge is 0.198 e. The van der Waals surface area contributed by atoms with Crippen LogP contribution in [0.15, 0.2) is 0 Å². The first kappa shape index (κ1) is 12.0. The molecule has 0 aliphatic heterocycles. The van der Waals surface area contributed by atoms with Crippen molar-refractivity contribution < 1.29 is 0 Å². The Hall–Kier alpha value is -1.44. The molecule has 1 aliphatic carbocycles. The zero-order valence-corrected chi connectivity index (χ0v) is 10.6. The van der Waals surface area contributed by atoms with Crippen molar-refractivity contribution in [3.63, 3.8) is 0 Å². The Morgan fingerprint density at radius 3 is 2.65 bits per heavy atom. The number of aromatic nitrogens is 4. The average molecular weight is 233 g/mol. The van der Waals surface area contributed by atoms with Gasteiger partial charge in [0.25, 0.3) is 0 Å². The van der Waals surface area contributed by atoms with E-state index in [1.807, 2.05) is 0 Å². The molecule has 0 spiro atoms. The number of nitriles is 1. The second-order valence-electron chi connectivity index (χ2n) is 5.12. The maximum absolute atomic E-state index is 9.44. The third-order valence-corrected chi connectivity index (χ3v) is 3.92. The Morgan fingerprint density at radius 1 is 1.47 bits per heavy atom. The number of hydrogen-bond acceptors (Lipinski definition) is 4. The van der Waals surface area contributed by atoms with E-state index in [2.05, 4.69) is 28.4 Å². The van der Waals surface area contributed by atoms with Crippen LogP contribution in [0.4, 0.5) is 0 Å². The van der Waals surface area contributed by atoms with Gasteiger partial charge in [0.15, 0.2) is 5.82 Å². The van der Waals surface area contributed by atoms with Crippen LogP contribution in [0.3, 0.4) is 0 Å². The van der Waals surface area contributed by atoms with Gasteiger partial charge in [0.1, 0.15) is 0 Å². The number of hydrogen-bond donors (Lipinski definition) is 0. The van der Waals surface area contributed by atoms with Crippen LogP contribution in [0.5, 0.6) is 0 Å². The first-order chi connectivity index (χ1) is 8.17. The number of nitrogens with zero attached hydrogens (tertiary/aromatic N) is 5. The lowest BCUT2D eigenvalue weighted by Gasteiger charge is -2.33. The Bertz CT molecular complexity index is 409. The maximum atomic E-state index is 9.44. The molecule has 0 amide bonds. The molecule has 0 radical (unpaired) electrons. The highest BCUT2D eigenvalue weighted by molar-refractivity contribution is 5.06. The Kier molecular flexibility index (Phi) is 3.41. The molecule has 0 unspecified atom stereocenters. The quantitative estimate of drug-likeness (QED) is 0.799. The second-order valence-corrected chi connectivity index (χ2v) is 5.12. The summed E-state index contributed by atoms with van der Waals surface area (Å²) in [5.41, 5.74) is -0.255. The Labute approximate surface area is 102 Å². The standard InChI is InChI=1S/C12H19N5/c1-3-10-4-6-12(9-13,7-5-10)8-11-14-16-17(2)15-11/h10H,3-8H2,1-2H3. The summed E-state index contributed by atoms with van der Waals surface area (Å²) in [6.07, 6.45) is 6.13. The lowest BCUT2D eigenvalue weighted by atomic mass is 9.69. The van der Waals surface area contributed by atoms with Crippen molar-refractivity contribution in [2.75, 3.05) is 0 Å². The molecule has 5 heteroatoms. The fraction of sp³-hybridized carbons (Fsp3) is 0.833. The van der Waals surface area contributed by atoms with Crippen molar-refractivity contribution in [2.45, 2.75) is 45.4 Å². The van der Waals surface area contributed by atoms with E-state index < -0.39 is 0 Å². The van der Waals surface area contributed by atoms with Gasteiger partial charge < -0.3 is 0 Å². The lowest BCUT2D eigenvalue weighted by molar-refractivity contribution is 0.202. The zero-order valence-electron chi connectivity index (χ0n) is 10.6. The fourth-order valence-corrected chi connectivity index (χ4v) is 2.66. The summed E-state index contributed by atoms with van der Waals surface area (Å²) in [5, 5.41) is 21.4.